The van der Waals surface area contributed by atoms with Crippen LogP contribution >= 0.6 is 49.9 Å². The van der Waals surface area contributed by atoms with Crippen molar-refractivity contribution in [3.63, 3.8) is 0 Å². The smallest absolute Gasteiger partial charge is 0.0869 e. The topological polar surface area (TPSA) is 26.0 Å². The van der Waals surface area contributed by atoms with Gasteiger partial charge < -0.3 is 5.73 Å². The summed E-state index contributed by atoms with van der Waals surface area (Å²) >= 11 is 7.50. The highest BCUT2D eigenvalue weighted by atomic mass is 127. The van der Waals surface area contributed by atoms with Gasteiger partial charge in [0.05, 0.1) is 9.70 Å². The molecule has 0 radical (unpaired) electrons. The van der Waals surface area contributed by atoms with E-state index in [1.165, 1.54) is 19.2 Å². The first-order valence-electron chi connectivity index (χ1n) is 3.74. The van der Waals surface area contributed by atoms with E-state index in [1.807, 2.05) is 6.07 Å². The summed E-state index contributed by atoms with van der Waals surface area (Å²) in [6, 6.07) is 6.30. The number of fused-ring (bicyclic) bond motifs is 1. The van der Waals surface area contributed by atoms with Gasteiger partial charge in [0, 0.05) is 8.90 Å². The highest BCUT2D eigenvalue weighted by Crippen LogP contribution is 2.33. The van der Waals surface area contributed by atoms with Gasteiger partial charge in [0.15, 0.2) is 0 Å². The fourth-order valence-electron chi connectivity index (χ4n) is 1.23. The van der Waals surface area contributed by atoms with Crippen LogP contribution in [0.4, 0.5) is 5.00 Å². The molecule has 2 rings (SSSR count). The summed E-state index contributed by atoms with van der Waals surface area (Å²) in [4.78, 5) is 0. The molecule has 0 amide bonds. The molecule has 0 saturated carbocycles. The standard InChI is InChI=1S/C9H7BrINS/c10-4-6-2-1-5-3-7(12)13-9(5)8(6)11/h1-3H,4,12H2. The molecule has 0 fully saturated rings. The molecule has 0 saturated heterocycles. The van der Waals surface area contributed by atoms with Gasteiger partial charge in [-0.05, 0) is 39.6 Å². The Morgan fingerprint density at radius 1 is 1.46 bits per heavy atom. The quantitative estimate of drug-likeness (QED) is 0.598. The first kappa shape index (κ1) is 9.73. The number of hydrogen-bond acceptors (Lipinski definition) is 2. The van der Waals surface area contributed by atoms with Crippen LogP contribution in [-0.2, 0) is 5.33 Å². The predicted molar refractivity (Wildman–Crippen MR) is 71.6 cm³/mol. The Morgan fingerprint density at radius 3 is 2.92 bits per heavy atom. The van der Waals surface area contributed by atoms with Crippen molar-refractivity contribution in [3.05, 3.63) is 27.3 Å². The van der Waals surface area contributed by atoms with Gasteiger partial charge in [-0.2, -0.15) is 0 Å². The Labute approximate surface area is 103 Å². The van der Waals surface area contributed by atoms with Crippen molar-refractivity contribution in [1.29, 1.82) is 0 Å². The van der Waals surface area contributed by atoms with Gasteiger partial charge in [0.1, 0.15) is 0 Å². The SMILES string of the molecule is Nc1cc2ccc(CBr)c(I)c2s1. The highest BCUT2D eigenvalue weighted by Gasteiger charge is 2.06. The molecule has 1 heterocycles. The minimum atomic E-state index is 0.889. The van der Waals surface area contributed by atoms with Crippen LogP contribution in [0.5, 0.6) is 0 Å². The van der Waals surface area contributed by atoms with E-state index in [4.69, 9.17) is 5.73 Å². The second-order valence-corrected chi connectivity index (χ2v) is 5.46. The third-order valence-electron chi connectivity index (χ3n) is 1.87. The Bertz CT molecular complexity index is 452. The minimum Gasteiger partial charge on any atom is -0.391 e. The molecular formula is C9H7BrINS. The van der Waals surface area contributed by atoms with Crippen molar-refractivity contribution in [2.24, 2.45) is 0 Å². The summed E-state index contributed by atoms with van der Waals surface area (Å²) in [5.41, 5.74) is 7.08. The summed E-state index contributed by atoms with van der Waals surface area (Å²) in [7, 11) is 0. The molecule has 2 N–H and O–H groups in total. The fourth-order valence-corrected chi connectivity index (χ4v) is 4.12. The first-order chi connectivity index (χ1) is 6.22. The maximum Gasteiger partial charge on any atom is 0.0869 e. The maximum absolute atomic E-state index is 5.75. The Hall–Kier alpha value is 0.190. The number of rotatable bonds is 1. The molecule has 1 nitrogen and oxygen atoms in total. The summed E-state index contributed by atoms with van der Waals surface area (Å²) < 4.78 is 2.61. The monoisotopic (exact) mass is 367 g/mol. The van der Waals surface area contributed by atoms with Crippen molar-refractivity contribution in [1.82, 2.24) is 0 Å². The lowest BCUT2D eigenvalue weighted by Gasteiger charge is -2.00. The number of nitrogens with two attached hydrogens (primary N) is 1. The van der Waals surface area contributed by atoms with Gasteiger partial charge in [0.25, 0.3) is 0 Å². The van der Waals surface area contributed by atoms with Crippen LogP contribution in [0.15, 0.2) is 18.2 Å². The molecule has 0 bridgehead atoms. The number of nitrogen functional groups attached to an aromatic ring is 1. The maximum atomic E-state index is 5.75. The zero-order valence-electron chi connectivity index (χ0n) is 6.68. The molecule has 0 unspecified atom stereocenters. The van der Waals surface area contributed by atoms with E-state index in [0.717, 1.165) is 10.3 Å². The fraction of sp³-hybridized carbons (Fsp3) is 0.111. The van der Waals surface area contributed by atoms with Crippen LogP contribution < -0.4 is 5.73 Å². The van der Waals surface area contributed by atoms with E-state index in [0.29, 0.717) is 0 Å². The molecule has 0 aliphatic heterocycles. The van der Waals surface area contributed by atoms with Gasteiger partial charge in [-0.25, -0.2) is 0 Å². The van der Waals surface area contributed by atoms with Crippen LogP contribution in [0.2, 0.25) is 0 Å². The largest absolute Gasteiger partial charge is 0.391 e. The third kappa shape index (κ3) is 1.71. The van der Waals surface area contributed by atoms with Crippen LogP contribution in [0.25, 0.3) is 10.1 Å². The third-order valence-corrected chi connectivity index (χ3v) is 5.07. The van der Waals surface area contributed by atoms with E-state index in [1.54, 1.807) is 11.3 Å². The van der Waals surface area contributed by atoms with Crippen LogP contribution in [0, 0.1) is 3.57 Å². The molecule has 13 heavy (non-hydrogen) atoms. The molecular weight excluding hydrogens is 361 g/mol. The number of hydrogen-bond donors (Lipinski definition) is 1. The summed E-state index contributed by atoms with van der Waals surface area (Å²) in [5.74, 6) is 0. The van der Waals surface area contributed by atoms with Crippen LogP contribution in [0.1, 0.15) is 5.56 Å². The second-order valence-electron chi connectivity index (χ2n) is 2.74. The molecule has 0 spiro atoms. The summed E-state index contributed by atoms with van der Waals surface area (Å²) in [6.07, 6.45) is 0. The van der Waals surface area contributed by atoms with Crippen LogP contribution in [-0.4, -0.2) is 0 Å². The lowest BCUT2D eigenvalue weighted by atomic mass is 10.2. The Morgan fingerprint density at radius 2 is 2.23 bits per heavy atom. The average molecular weight is 368 g/mol. The van der Waals surface area contributed by atoms with Gasteiger partial charge in [-0.1, -0.05) is 28.1 Å². The lowest BCUT2D eigenvalue weighted by molar-refractivity contribution is 1.44. The van der Waals surface area contributed by atoms with Gasteiger partial charge in [-0.3, -0.25) is 0 Å². The zero-order valence-corrected chi connectivity index (χ0v) is 11.2. The number of alkyl halides is 1. The number of halogens is 2. The average Bonchev–Trinajstić information content (AvgIpc) is 2.47. The normalized spacial score (nSPS) is 10.9. The molecule has 1 aromatic carbocycles. The molecule has 4 heteroatoms. The molecule has 2 aromatic rings. The molecule has 1 aromatic heterocycles. The van der Waals surface area contributed by atoms with Crippen LogP contribution in [0.3, 0.4) is 0 Å². The minimum absolute atomic E-state index is 0.889. The zero-order chi connectivity index (χ0) is 9.42. The van der Waals surface area contributed by atoms with Crippen molar-refractivity contribution < 1.29 is 0 Å². The van der Waals surface area contributed by atoms with Crippen molar-refractivity contribution in [3.8, 4) is 0 Å². The molecule has 68 valence electrons. The Balaban J connectivity index is 2.78. The van der Waals surface area contributed by atoms with Gasteiger partial charge >= 0.3 is 0 Å². The second kappa shape index (κ2) is 3.74. The Kier molecular flexibility index (Phi) is 2.80. The first-order valence-corrected chi connectivity index (χ1v) is 6.76. The molecule has 0 atom stereocenters. The van der Waals surface area contributed by atoms with E-state index < -0.39 is 0 Å². The van der Waals surface area contributed by atoms with Crippen molar-refractivity contribution in [2.45, 2.75) is 5.33 Å². The number of thiophene rings is 1. The van der Waals surface area contributed by atoms with Crippen molar-refractivity contribution >= 4 is 64.9 Å². The predicted octanol–water partition coefficient (Wildman–Crippen LogP) is 3.98. The molecule has 0 aliphatic carbocycles. The van der Waals surface area contributed by atoms with E-state index >= 15 is 0 Å². The summed E-state index contributed by atoms with van der Waals surface area (Å²) in [6.45, 7) is 0. The van der Waals surface area contributed by atoms with E-state index in [2.05, 4.69) is 50.7 Å². The number of benzene rings is 1. The van der Waals surface area contributed by atoms with Gasteiger partial charge in [-0.15, -0.1) is 11.3 Å². The lowest BCUT2D eigenvalue weighted by Crippen LogP contribution is -1.82. The van der Waals surface area contributed by atoms with Crippen molar-refractivity contribution in [2.75, 3.05) is 5.73 Å². The summed E-state index contributed by atoms with van der Waals surface area (Å²) in [5, 5.41) is 3.04. The van der Waals surface area contributed by atoms with E-state index in [-0.39, 0.29) is 0 Å². The number of anilines is 1. The van der Waals surface area contributed by atoms with E-state index in [9.17, 15) is 0 Å². The van der Waals surface area contributed by atoms with Gasteiger partial charge in [0.2, 0.25) is 0 Å². The molecule has 0 aliphatic rings. The highest BCUT2D eigenvalue weighted by molar-refractivity contribution is 14.1.